The van der Waals surface area contributed by atoms with Gasteiger partial charge in [-0.25, -0.2) is 0 Å². The molecular formula is C11H11NO4. The van der Waals surface area contributed by atoms with Crippen LogP contribution < -0.4 is 5.32 Å². The molecular weight excluding hydrogens is 210 g/mol. The maximum atomic E-state index is 11.2. The first-order valence-electron chi connectivity index (χ1n) is 4.68. The first kappa shape index (κ1) is 11.9. The Hall–Kier alpha value is -2.17. The average molecular weight is 221 g/mol. The van der Waals surface area contributed by atoms with E-state index >= 15 is 0 Å². The van der Waals surface area contributed by atoms with Crippen molar-refractivity contribution in [3.05, 3.63) is 29.8 Å². The lowest BCUT2D eigenvalue weighted by molar-refractivity contribution is -0.138. The number of carbonyl (C=O) groups is 3. The highest BCUT2D eigenvalue weighted by atomic mass is 16.4. The smallest absolute Gasteiger partial charge is 0.303 e. The Labute approximate surface area is 92.1 Å². The minimum absolute atomic E-state index is 0.0647. The van der Waals surface area contributed by atoms with Crippen LogP contribution in [-0.2, 0) is 9.59 Å². The van der Waals surface area contributed by atoms with Gasteiger partial charge in [0.05, 0.1) is 6.42 Å². The first-order chi connectivity index (χ1) is 7.61. The molecule has 1 rings (SSSR count). The zero-order valence-corrected chi connectivity index (χ0v) is 8.47. The van der Waals surface area contributed by atoms with E-state index in [0.29, 0.717) is 17.5 Å². The predicted octanol–water partition coefficient (Wildman–Crippen LogP) is 1.30. The number of aliphatic carboxylic acids is 1. The Balaban J connectivity index is 2.49. The summed E-state index contributed by atoms with van der Waals surface area (Å²) in [5.74, 6) is -1.37. The molecule has 0 atom stereocenters. The van der Waals surface area contributed by atoms with E-state index in [1.807, 2.05) is 0 Å². The van der Waals surface area contributed by atoms with Crippen LogP contribution >= 0.6 is 0 Å². The van der Waals surface area contributed by atoms with Gasteiger partial charge >= 0.3 is 5.97 Å². The standard InChI is InChI=1S/C11H11NO4/c13-7-8-1-3-9(4-2-8)12-10(14)5-6-11(15)16/h1-4,7H,5-6H2,(H,12,14)(H,15,16). The van der Waals surface area contributed by atoms with Gasteiger partial charge in [0.2, 0.25) is 5.91 Å². The zero-order chi connectivity index (χ0) is 12.0. The molecule has 16 heavy (non-hydrogen) atoms. The fourth-order valence-corrected chi connectivity index (χ4v) is 1.09. The van der Waals surface area contributed by atoms with Crippen LogP contribution in [0.3, 0.4) is 0 Å². The monoisotopic (exact) mass is 221 g/mol. The van der Waals surface area contributed by atoms with E-state index in [-0.39, 0.29) is 18.7 Å². The van der Waals surface area contributed by atoms with Crippen molar-refractivity contribution in [1.29, 1.82) is 0 Å². The Morgan fingerprint density at radius 3 is 2.31 bits per heavy atom. The van der Waals surface area contributed by atoms with Crippen LogP contribution in [0.2, 0.25) is 0 Å². The minimum atomic E-state index is -1.01. The second-order valence-electron chi connectivity index (χ2n) is 3.18. The van der Waals surface area contributed by atoms with Crippen molar-refractivity contribution in [1.82, 2.24) is 0 Å². The van der Waals surface area contributed by atoms with Crippen LogP contribution in [0.15, 0.2) is 24.3 Å². The van der Waals surface area contributed by atoms with E-state index in [4.69, 9.17) is 5.11 Å². The van der Waals surface area contributed by atoms with Gasteiger partial charge in [-0.15, -0.1) is 0 Å². The molecule has 0 radical (unpaired) electrons. The third-order valence-corrected chi connectivity index (χ3v) is 1.90. The number of benzene rings is 1. The summed E-state index contributed by atoms with van der Waals surface area (Å²) in [6.07, 6.45) is 0.444. The summed E-state index contributed by atoms with van der Waals surface area (Å²) in [6.45, 7) is 0. The molecule has 0 saturated heterocycles. The molecule has 0 aromatic heterocycles. The van der Waals surface area contributed by atoms with Crippen molar-refractivity contribution in [3.8, 4) is 0 Å². The second-order valence-corrected chi connectivity index (χ2v) is 3.18. The number of anilines is 1. The molecule has 2 N–H and O–H groups in total. The van der Waals surface area contributed by atoms with Gasteiger partial charge in [0.1, 0.15) is 6.29 Å². The first-order valence-corrected chi connectivity index (χ1v) is 4.68. The normalized spacial score (nSPS) is 9.50. The molecule has 1 aromatic carbocycles. The molecule has 1 amide bonds. The predicted molar refractivity (Wildman–Crippen MR) is 57.3 cm³/mol. The Morgan fingerprint density at radius 1 is 1.19 bits per heavy atom. The molecule has 0 aliphatic heterocycles. The van der Waals surface area contributed by atoms with Gasteiger partial charge in [-0.1, -0.05) is 0 Å². The minimum Gasteiger partial charge on any atom is -0.481 e. The van der Waals surface area contributed by atoms with Gasteiger partial charge in [0, 0.05) is 17.7 Å². The largest absolute Gasteiger partial charge is 0.481 e. The van der Waals surface area contributed by atoms with Crippen LogP contribution in [0.4, 0.5) is 5.69 Å². The van der Waals surface area contributed by atoms with Gasteiger partial charge in [-0.3, -0.25) is 14.4 Å². The fourth-order valence-electron chi connectivity index (χ4n) is 1.09. The Kier molecular flexibility index (Phi) is 4.20. The fraction of sp³-hybridized carbons (Fsp3) is 0.182. The number of carbonyl (C=O) groups excluding carboxylic acids is 2. The summed E-state index contributed by atoms with van der Waals surface area (Å²) >= 11 is 0. The average Bonchev–Trinajstić information content (AvgIpc) is 2.27. The van der Waals surface area contributed by atoms with E-state index in [9.17, 15) is 14.4 Å². The SMILES string of the molecule is O=Cc1ccc(NC(=O)CCC(=O)O)cc1. The van der Waals surface area contributed by atoms with Crippen molar-refractivity contribution >= 4 is 23.9 Å². The molecule has 0 aliphatic carbocycles. The van der Waals surface area contributed by atoms with E-state index in [1.165, 1.54) is 0 Å². The van der Waals surface area contributed by atoms with E-state index < -0.39 is 5.97 Å². The summed E-state index contributed by atoms with van der Waals surface area (Å²) in [5.41, 5.74) is 1.06. The topological polar surface area (TPSA) is 83.5 Å². The van der Waals surface area contributed by atoms with E-state index in [1.54, 1.807) is 24.3 Å². The van der Waals surface area contributed by atoms with Crippen molar-refractivity contribution in [2.45, 2.75) is 12.8 Å². The lowest BCUT2D eigenvalue weighted by Gasteiger charge is -2.03. The highest BCUT2D eigenvalue weighted by Gasteiger charge is 2.05. The molecule has 84 valence electrons. The number of nitrogens with one attached hydrogen (secondary N) is 1. The number of carboxylic acids is 1. The molecule has 0 spiro atoms. The summed E-state index contributed by atoms with van der Waals surface area (Å²) in [7, 11) is 0. The third-order valence-electron chi connectivity index (χ3n) is 1.90. The van der Waals surface area contributed by atoms with Crippen molar-refractivity contribution in [3.63, 3.8) is 0 Å². The Bertz CT molecular complexity index is 397. The van der Waals surface area contributed by atoms with Crippen LogP contribution in [0, 0.1) is 0 Å². The molecule has 5 heteroatoms. The summed E-state index contributed by atoms with van der Waals surface area (Å²) in [4.78, 5) is 31.8. The third kappa shape index (κ3) is 3.91. The lowest BCUT2D eigenvalue weighted by atomic mass is 10.2. The maximum Gasteiger partial charge on any atom is 0.303 e. The van der Waals surface area contributed by atoms with Crippen molar-refractivity contribution in [2.24, 2.45) is 0 Å². The van der Waals surface area contributed by atoms with Gasteiger partial charge in [-0.05, 0) is 24.3 Å². The number of amides is 1. The second kappa shape index (κ2) is 5.65. The lowest BCUT2D eigenvalue weighted by Crippen LogP contribution is -2.13. The molecule has 0 fully saturated rings. The van der Waals surface area contributed by atoms with Crippen LogP contribution in [0.25, 0.3) is 0 Å². The number of aldehydes is 1. The number of hydrogen-bond donors (Lipinski definition) is 2. The highest BCUT2D eigenvalue weighted by molar-refractivity contribution is 5.92. The molecule has 0 bridgehead atoms. The van der Waals surface area contributed by atoms with Crippen LogP contribution in [-0.4, -0.2) is 23.3 Å². The zero-order valence-electron chi connectivity index (χ0n) is 8.47. The van der Waals surface area contributed by atoms with E-state index in [2.05, 4.69) is 5.32 Å². The van der Waals surface area contributed by atoms with Gasteiger partial charge in [0.15, 0.2) is 0 Å². The van der Waals surface area contributed by atoms with Crippen LogP contribution in [0.5, 0.6) is 0 Å². The molecule has 0 aliphatic rings. The van der Waals surface area contributed by atoms with Crippen LogP contribution in [0.1, 0.15) is 23.2 Å². The number of rotatable bonds is 5. The number of hydrogen-bond acceptors (Lipinski definition) is 3. The highest BCUT2D eigenvalue weighted by Crippen LogP contribution is 2.08. The molecule has 0 heterocycles. The molecule has 1 aromatic rings. The molecule has 0 saturated carbocycles. The van der Waals surface area contributed by atoms with E-state index in [0.717, 1.165) is 0 Å². The maximum absolute atomic E-state index is 11.2. The molecule has 5 nitrogen and oxygen atoms in total. The molecule has 0 unspecified atom stereocenters. The number of carboxylic acid groups (broad SMARTS) is 1. The van der Waals surface area contributed by atoms with Gasteiger partial charge in [0.25, 0.3) is 0 Å². The van der Waals surface area contributed by atoms with Gasteiger partial charge in [-0.2, -0.15) is 0 Å². The Morgan fingerprint density at radius 2 is 1.81 bits per heavy atom. The van der Waals surface area contributed by atoms with Crippen molar-refractivity contribution < 1.29 is 19.5 Å². The van der Waals surface area contributed by atoms with Gasteiger partial charge < -0.3 is 10.4 Å². The summed E-state index contributed by atoms with van der Waals surface area (Å²) in [5, 5.41) is 10.9. The summed E-state index contributed by atoms with van der Waals surface area (Å²) < 4.78 is 0. The summed E-state index contributed by atoms with van der Waals surface area (Å²) in [6, 6.07) is 6.31. The quantitative estimate of drug-likeness (QED) is 0.734. The van der Waals surface area contributed by atoms with Crippen molar-refractivity contribution in [2.75, 3.05) is 5.32 Å².